The number of hydrogen-bond donors (Lipinski definition) is 2. The molecule has 3 N–H and O–H groups in total. The molecule has 0 aliphatic heterocycles. The number of thiophene rings is 1. The lowest BCUT2D eigenvalue weighted by molar-refractivity contribution is 1.52. The van der Waals surface area contributed by atoms with Crippen molar-refractivity contribution in [2.75, 3.05) is 5.73 Å². The van der Waals surface area contributed by atoms with E-state index in [1.54, 1.807) is 0 Å². The fourth-order valence-electron chi connectivity index (χ4n) is 0.623. The SMILES string of the molecule is Cc1csc(C(=N)Cl)c1N. The van der Waals surface area contributed by atoms with E-state index in [4.69, 9.17) is 22.7 Å². The average molecular weight is 175 g/mol. The van der Waals surface area contributed by atoms with Crippen molar-refractivity contribution in [2.24, 2.45) is 0 Å². The summed E-state index contributed by atoms with van der Waals surface area (Å²) >= 11 is 6.84. The van der Waals surface area contributed by atoms with E-state index in [-0.39, 0.29) is 5.17 Å². The number of anilines is 1. The molecule has 0 spiro atoms. The number of nitrogen functional groups attached to an aromatic ring is 1. The molecule has 1 aromatic heterocycles. The second kappa shape index (κ2) is 2.60. The topological polar surface area (TPSA) is 49.9 Å². The molecule has 0 bridgehead atoms. The summed E-state index contributed by atoms with van der Waals surface area (Å²) in [6.07, 6.45) is 0. The van der Waals surface area contributed by atoms with E-state index in [9.17, 15) is 0 Å². The first-order valence-corrected chi connectivity index (χ1v) is 3.96. The molecule has 1 rings (SSSR count). The molecule has 1 heterocycles. The summed E-state index contributed by atoms with van der Waals surface area (Å²) in [5.74, 6) is 0. The molecule has 1 aromatic rings. The molecule has 0 aliphatic rings. The molecule has 0 radical (unpaired) electrons. The second-order valence-electron chi connectivity index (χ2n) is 1.98. The molecular weight excluding hydrogens is 168 g/mol. The second-order valence-corrected chi connectivity index (χ2v) is 3.23. The van der Waals surface area contributed by atoms with Crippen LogP contribution in [-0.4, -0.2) is 5.17 Å². The minimum Gasteiger partial charge on any atom is -0.397 e. The Bertz CT molecular complexity index is 267. The van der Waals surface area contributed by atoms with Gasteiger partial charge in [-0.15, -0.1) is 11.3 Å². The summed E-state index contributed by atoms with van der Waals surface area (Å²) in [5.41, 5.74) is 7.21. The Morgan fingerprint density at radius 2 is 2.40 bits per heavy atom. The van der Waals surface area contributed by atoms with Crippen molar-refractivity contribution >= 4 is 33.8 Å². The van der Waals surface area contributed by atoms with Crippen LogP contribution in [0.4, 0.5) is 5.69 Å². The number of nitrogens with two attached hydrogens (primary N) is 1. The molecule has 0 fully saturated rings. The minimum absolute atomic E-state index is 0.0237. The maximum absolute atomic E-state index is 7.09. The van der Waals surface area contributed by atoms with Gasteiger partial charge in [-0.3, -0.25) is 5.41 Å². The minimum atomic E-state index is 0.0237. The summed E-state index contributed by atoms with van der Waals surface area (Å²) in [7, 11) is 0. The van der Waals surface area contributed by atoms with Gasteiger partial charge in [-0.05, 0) is 17.9 Å². The van der Waals surface area contributed by atoms with Gasteiger partial charge in [0.05, 0.1) is 10.6 Å². The van der Waals surface area contributed by atoms with E-state index < -0.39 is 0 Å². The van der Waals surface area contributed by atoms with E-state index in [1.165, 1.54) is 11.3 Å². The molecule has 0 saturated heterocycles. The highest BCUT2D eigenvalue weighted by Crippen LogP contribution is 2.25. The Labute approximate surface area is 68.1 Å². The van der Waals surface area contributed by atoms with E-state index in [2.05, 4.69) is 0 Å². The molecule has 0 aliphatic carbocycles. The smallest absolute Gasteiger partial charge is 0.140 e. The fourth-order valence-corrected chi connectivity index (χ4v) is 1.67. The summed E-state index contributed by atoms with van der Waals surface area (Å²) < 4.78 is 0. The van der Waals surface area contributed by atoms with Crippen molar-refractivity contribution in [1.82, 2.24) is 0 Å². The summed E-state index contributed by atoms with van der Waals surface area (Å²) in [6.45, 7) is 1.90. The lowest BCUT2D eigenvalue weighted by Crippen LogP contribution is -1.92. The quantitative estimate of drug-likeness (QED) is 0.631. The van der Waals surface area contributed by atoms with Crippen LogP contribution < -0.4 is 5.73 Å². The number of hydrogen-bond acceptors (Lipinski definition) is 3. The van der Waals surface area contributed by atoms with Gasteiger partial charge in [0.15, 0.2) is 0 Å². The van der Waals surface area contributed by atoms with Gasteiger partial charge in [0.2, 0.25) is 0 Å². The Hall–Kier alpha value is -0.540. The average Bonchev–Trinajstić information content (AvgIpc) is 2.14. The van der Waals surface area contributed by atoms with Crippen LogP contribution >= 0.6 is 22.9 Å². The first kappa shape index (κ1) is 7.57. The zero-order valence-electron chi connectivity index (χ0n) is 5.44. The Balaban J connectivity index is 3.17. The van der Waals surface area contributed by atoms with Gasteiger partial charge < -0.3 is 5.73 Å². The fraction of sp³-hybridized carbons (Fsp3) is 0.167. The third-order valence-electron chi connectivity index (χ3n) is 1.22. The molecule has 10 heavy (non-hydrogen) atoms. The first-order chi connectivity index (χ1) is 4.63. The molecule has 4 heteroatoms. The van der Waals surface area contributed by atoms with Crippen molar-refractivity contribution < 1.29 is 0 Å². The number of rotatable bonds is 1. The van der Waals surface area contributed by atoms with Crippen LogP contribution in [0.3, 0.4) is 0 Å². The third kappa shape index (κ3) is 1.15. The van der Waals surface area contributed by atoms with Gasteiger partial charge in [0, 0.05) is 0 Å². The number of nitrogens with one attached hydrogen (secondary N) is 1. The molecule has 0 aromatic carbocycles. The van der Waals surface area contributed by atoms with Crippen LogP contribution in [0, 0.1) is 12.3 Å². The van der Waals surface area contributed by atoms with Crippen LogP contribution in [0.1, 0.15) is 10.4 Å². The normalized spacial score (nSPS) is 9.80. The zero-order valence-corrected chi connectivity index (χ0v) is 7.01. The van der Waals surface area contributed by atoms with Gasteiger partial charge in [0.1, 0.15) is 5.17 Å². The highest BCUT2D eigenvalue weighted by atomic mass is 35.5. The van der Waals surface area contributed by atoms with Crippen LogP contribution in [0.5, 0.6) is 0 Å². The van der Waals surface area contributed by atoms with E-state index in [0.29, 0.717) is 10.6 Å². The molecule has 0 unspecified atom stereocenters. The third-order valence-corrected chi connectivity index (χ3v) is 2.65. The van der Waals surface area contributed by atoms with Gasteiger partial charge in [0.25, 0.3) is 0 Å². The Morgan fingerprint density at radius 3 is 2.60 bits per heavy atom. The molecule has 54 valence electrons. The lowest BCUT2D eigenvalue weighted by Gasteiger charge is -1.92. The summed E-state index contributed by atoms with van der Waals surface area (Å²) in [5, 5.41) is 9.00. The summed E-state index contributed by atoms with van der Waals surface area (Å²) in [4.78, 5) is 0.666. The standard InChI is InChI=1S/C6H7ClN2S/c1-3-2-10-5(4(3)8)6(7)9/h2,9H,8H2,1H3. The lowest BCUT2D eigenvalue weighted by atomic mass is 10.3. The first-order valence-electron chi connectivity index (χ1n) is 2.71. The Kier molecular flexibility index (Phi) is 1.97. The molecule has 2 nitrogen and oxygen atoms in total. The van der Waals surface area contributed by atoms with Crippen LogP contribution in [0.2, 0.25) is 0 Å². The summed E-state index contributed by atoms with van der Waals surface area (Å²) in [6, 6.07) is 0. The monoisotopic (exact) mass is 174 g/mol. The van der Waals surface area contributed by atoms with Crippen molar-refractivity contribution in [1.29, 1.82) is 5.41 Å². The van der Waals surface area contributed by atoms with E-state index >= 15 is 0 Å². The predicted molar refractivity (Wildman–Crippen MR) is 46.2 cm³/mol. The highest BCUT2D eigenvalue weighted by molar-refractivity contribution is 7.14. The van der Waals surface area contributed by atoms with E-state index in [0.717, 1.165) is 5.56 Å². The highest BCUT2D eigenvalue weighted by Gasteiger charge is 2.06. The van der Waals surface area contributed by atoms with Crippen molar-refractivity contribution in [2.45, 2.75) is 6.92 Å². The van der Waals surface area contributed by atoms with E-state index in [1.807, 2.05) is 12.3 Å². The van der Waals surface area contributed by atoms with Gasteiger partial charge in [-0.1, -0.05) is 11.6 Å². The molecule has 0 amide bonds. The van der Waals surface area contributed by atoms with Crippen molar-refractivity contribution in [3.8, 4) is 0 Å². The van der Waals surface area contributed by atoms with Crippen molar-refractivity contribution in [3.63, 3.8) is 0 Å². The molecular formula is C6H7ClN2S. The molecule has 0 atom stereocenters. The van der Waals surface area contributed by atoms with Gasteiger partial charge in [-0.2, -0.15) is 0 Å². The van der Waals surface area contributed by atoms with Crippen LogP contribution in [0.15, 0.2) is 5.38 Å². The van der Waals surface area contributed by atoms with Crippen LogP contribution in [0.25, 0.3) is 0 Å². The maximum atomic E-state index is 7.09. The van der Waals surface area contributed by atoms with Gasteiger partial charge in [-0.25, -0.2) is 0 Å². The van der Waals surface area contributed by atoms with Crippen molar-refractivity contribution in [3.05, 3.63) is 15.8 Å². The van der Waals surface area contributed by atoms with Crippen LogP contribution in [-0.2, 0) is 0 Å². The zero-order chi connectivity index (χ0) is 7.72. The Morgan fingerprint density at radius 1 is 1.80 bits per heavy atom. The molecule has 0 saturated carbocycles. The number of halogens is 1. The van der Waals surface area contributed by atoms with Gasteiger partial charge >= 0.3 is 0 Å². The number of aryl methyl sites for hydroxylation is 1. The largest absolute Gasteiger partial charge is 0.397 e. The predicted octanol–water partition coefficient (Wildman–Crippen LogP) is 2.20. The maximum Gasteiger partial charge on any atom is 0.140 e.